The Bertz CT molecular complexity index is 508. The van der Waals surface area contributed by atoms with E-state index < -0.39 is 10.9 Å². The number of aliphatic carboxylic acids is 1. The number of benzene rings is 1. The summed E-state index contributed by atoms with van der Waals surface area (Å²) >= 11 is 0. The number of hydrogen-bond acceptors (Lipinski definition) is 4. The number of nitro benzene ring substituents is 1. The molecule has 0 aromatic heterocycles. The molecule has 0 spiro atoms. The molecule has 8 nitrogen and oxygen atoms in total. The minimum absolute atomic E-state index is 0.0577. The Kier molecular flexibility index (Phi) is 4.02. The number of hydrogen-bond donors (Lipinski definition) is 1. The van der Waals surface area contributed by atoms with Crippen LogP contribution in [0.3, 0.4) is 0 Å². The van der Waals surface area contributed by atoms with Crippen molar-refractivity contribution in [3.63, 3.8) is 0 Å². The lowest BCUT2D eigenvalue weighted by atomic mass is 10.1. The van der Waals surface area contributed by atoms with Gasteiger partial charge in [-0.25, -0.2) is 0 Å². The molecule has 17 heavy (non-hydrogen) atoms. The second kappa shape index (κ2) is 5.47. The summed E-state index contributed by atoms with van der Waals surface area (Å²) < 4.78 is 0. The molecule has 0 saturated heterocycles. The van der Waals surface area contributed by atoms with Crippen molar-refractivity contribution < 1.29 is 14.8 Å². The molecule has 88 valence electrons. The van der Waals surface area contributed by atoms with Crippen molar-refractivity contribution in [2.45, 2.75) is 12.8 Å². The van der Waals surface area contributed by atoms with Gasteiger partial charge in [-0.15, -0.1) is 0 Å². The van der Waals surface area contributed by atoms with Crippen molar-refractivity contribution in [3.8, 4) is 0 Å². The molecule has 0 heterocycles. The van der Waals surface area contributed by atoms with Crippen LogP contribution in [-0.2, 0) is 11.2 Å². The minimum Gasteiger partial charge on any atom is -0.481 e. The van der Waals surface area contributed by atoms with Crippen LogP contribution in [0.1, 0.15) is 12.0 Å². The molecule has 0 fully saturated rings. The van der Waals surface area contributed by atoms with E-state index in [-0.39, 0.29) is 24.2 Å². The van der Waals surface area contributed by atoms with Crippen LogP contribution in [0.5, 0.6) is 0 Å². The largest absolute Gasteiger partial charge is 0.481 e. The fourth-order valence-corrected chi connectivity index (χ4v) is 1.29. The van der Waals surface area contributed by atoms with Gasteiger partial charge in [-0.2, -0.15) is 0 Å². The van der Waals surface area contributed by atoms with Gasteiger partial charge in [0.05, 0.1) is 4.92 Å². The van der Waals surface area contributed by atoms with E-state index in [1.165, 1.54) is 12.1 Å². The predicted octanol–water partition coefficient (Wildman–Crippen LogP) is 2.55. The third-order valence-corrected chi connectivity index (χ3v) is 2.03. The predicted molar refractivity (Wildman–Crippen MR) is 57.9 cm³/mol. The number of carboxylic acid groups (broad SMARTS) is 1. The smallest absolute Gasteiger partial charge is 0.303 e. The molecule has 0 unspecified atom stereocenters. The Balaban J connectivity index is 3.08. The van der Waals surface area contributed by atoms with Crippen LogP contribution >= 0.6 is 0 Å². The third kappa shape index (κ3) is 3.47. The lowest BCUT2D eigenvalue weighted by molar-refractivity contribution is -0.385. The van der Waals surface area contributed by atoms with Gasteiger partial charge in [0.2, 0.25) is 0 Å². The number of nitrogens with zero attached hydrogens (tertiary/aromatic N) is 4. The number of rotatable bonds is 5. The Morgan fingerprint density at radius 3 is 2.82 bits per heavy atom. The van der Waals surface area contributed by atoms with Crippen molar-refractivity contribution >= 4 is 17.3 Å². The van der Waals surface area contributed by atoms with Crippen LogP contribution in [-0.4, -0.2) is 16.0 Å². The normalized spacial score (nSPS) is 9.41. The maximum atomic E-state index is 10.7. The first-order chi connectivity index (χ1) is 8.04. The van der Waals surface area contributed by atoms with Gasteiger partial charge in [0.25, 0.3) is 5.69 Å². The van der Waals surface area contributed by atoms with E-state index in [9.17, 15) is 14.9 Å². The average Bonchev–Trinajstić information content (AvgIpc) is 2.27. The molecule has 0 aliphatic heterocycles. The molecule has 1 N–H and O–H groups in total. The number of aryl methyl sites for hydroxylation is 1. The SMILES string of the molecule is [N-]=[N+]=Nc1ccc(CCC(=O)O)c([N+](=O)[O-])c1. The van der Waals surface area contributed by atoms with Gasteiger partial charge in [-0.3, -0.25) is 14.9 Å². The molecule has 0 amide bonds. The summed E-state index contributed by atoms with van der Waals surface area (Å²) in [6, 6.07) is 3.92. The average molecular weight is 236 g/mol. The highest BCUT2D eigenvalue weighted by Gasteiger charge is 2.14. The molecule has 1 aromatic carbocycles. The van der Waals surface area contributed by atoms with Crippen LogP contribution in [0.15, 0.2) is 23.3 Å². The zero-order valence-electron chi connectivity index (χ0n) is 8.61. The Hall–Kier alpha value is -2.60. The zero-order valence-corrected chi connectivity index (χ0v) is 8.61. The van der Waals surface area contributed by atoms with Crippen LogP contribution in [0.25, 0.3) is 10.4 Å². The molecule has 0 aliphatic carbocycles. The van der Waals surface area contributed by atoms with Gasteiger partial charge in [0, 0.05) is 28.6 Å². The lowest BCUT2D eigenvalue weighted by Crippen LogP contribution is -2.00. The van der Waals surface area contributed by atoms with Crippen molar-refractivity contribution in [1.29, 1.82) is 0 Å². The van der Waals surface area contributed by atoms with E-state index in [4.69, 9.17) is 10.6 Å². The maximum absolute atomic E-state index is 10.7. The van der Waals surface area contributed by atoms with Crippen molar-refractivity contribution in [1.82, 2.24) is 0 Å². The monoisotopic (exact) mass is 236 g/mol. The lowest BCUT2D eigenvalue weighted by Gasteiger charge is -2.01. The fourth-order valence-electron chi connectivity index (χ4n) is 1.29. The maximum Gasteiger partial charge on any atom is 0.303 e. The molecule has 1 rings (SSSR count). The van der Waals surface area contributed by atoms with Crippen LogP contribution in [0, 0.1) is 10.1 Å². The molecule has 8 heteroatoms. The van der Waals surface area contributed by atoms with Gasteiger partial charge < -0.3 is 5.11 Å². The van der Waals surface area contributed by atoms with Crippen LogP contribution in [0.2, 0.25) is 0 Å². The second-order valence-electron chi connectivity index (χ2n) is 3.15. The Morgan fingerprint density at radius 2 is 2.29 bits per heavy atom. The summed E-state index contributed by atoms with van der Waals surface area (Å²) in [7, 11) is 0. The van der Waals surface area contributed by atoms with Gasteiger partial charge in [0.15, 0.2) is 0 Å². The summed E-state index contributed by atoms with van der Waals surface area (Å²) in [5.74, 6) is -1.03. The van der Waals surface area contributed by atoms with Gasteiger partial charge in [0.1, 0.15) is 0 Å². The highest BCUT2D eigenvalue weighted by Crippen LogP contribution is 2.26. The molecule has 0 saturated carbocycles. The molecule has 0 aliphatic rings. The highest BCUT2D eigenvalue weighted by atomic mass is 16.6. The molecular formula is C9H8N4O4. The van der Waals surface area contributed by atoms with Crippen molar-refractivity contribution in [2.24, 2.45) is 5.11 Å². The van der Waals surface area contributed by atoms with E-state index in [2.05, 4.69) is 10.0 Å². The number of carboxylic acids is 1. The van der Waals surface area contributed by atoms with Gasteiger partial charge in [-0.1, -0.05) is 17.2 Å². The topological polar surface area (TPSA) is 129 Å². The van der Waals surface area contributed by atoms with E-state index in [0.717, 1.165) is 6.07 Å². The minimum atomic E-state index is -1.03. The van der Waals surface area contributed by atoms with Crippen molar-refractivity contribution in [3.05, 3.63) is 44.3 Å². The van der Waals surface area contributed by atoms with Crippen molar-refractivity contribution in [2.75, 3.05) is 0 Å². The summed E-state index contributed by atoms with van der Waals surface area (Å²) in [6.07, 6.45) is -0.135. The molecule has 0 bridgehead atoms. The quantitative estimate of drug-likeness (QED) is 0.276. The Labute approximate surface area is 95.3 Å². The molecule has 0 atom stereocenters. The summed E-state index contributed by atoms with van der Waals surface area (Å²) in [6.45, 7) is 0. The Morgan fingerprint density at radius 1 is 1.59 bits per heavy atom. The zero-order chi connectivity index (χ0) is 12.8. The van der Waals surface area contributed by atoms with Crippen LogP contribution in [0.4, 0.5) is 11.4 Å². The number of azide groups is 1. The molecular weight excluding hydrogens is 228 g/mol. The fraction of sp³-hybridized carbons (Fsp3) is 0.222. The highest BCUT2D eigenvalue weighted by molar-refractivity contribution is 5.67. The molecule has 0 radical (unpaired) electrons. The molecule has 1 aromatic rings. The van der Waals surface area contributed by atoms with E-state index in [1.54, 1.807) is 0 Å². The van der Waals surface area contributed by atoms with Crippen LogP contribution < -0.4 is 0 Å². The number of nitro groups is 1. The van der Waals surface area contributed by atoms with E-state index >= 15 is 0 Å². The summed E-state index contributed by atoms with van der Waals surface area (Å²) in [4.78, 5) is 23.0. The third-order valence-electron chi connectivity index (χ3n) is 2.03. The standard InChI is InChI=1S/C9H8N4O4/c10-12-11-7-3-1-6(2-4-9(14)15)8(5-7)13(16)17/h1,3,5H,2,4H2,(H,14,15). The van der Waals surface area contributed by atoms with Gasteiger partial charge in [-0.05, 0) is 12.0 Å². The number of carbonyl (C=O) groups is 1. The van der Waals surface area contributed by atoms with E-state index in [0.29, 0.717) is 5.56 Å². The van der Waals surface area contributed by atoms with E-state index in [1.807, 2.05) is 0 Å². The first-order valence-corrected chi connectivity index (χ1v) is 4.59. The van der Waals surface area contributed by atoms with Gasteiger partial charge >= 0.3 is 5.97 Å². The second-order valence-corrected chi connectivity index (χ2v) is 3.15. The summed E-state index contributed by atoms with van der Waals surface area (Å²) in [5.41, 5.74) is 8.39. The first-order valence-electron chi connectivity index (χ1n) is 4.59. The first kappa shape index (κ1) is 12.5. The summed E-state index contributed by atoms with van der Waals surface area (Å²) in [5, 5.41) is 22.5.